The van der Waals surface area contributed by atoms with E-state index in [2.05, 4.69) is 24.4 Å². The van der Waals surface area contributed by atoms with E-state index >= 15 is 0 Å². The molecule has 1 aromatic heterocycles. The number of aryl methyl sites for hydroxylation is 1. The molecule has 0 spiro atoms. The van der Waals surface area contributed by atoms with Crippen molar-refractivity contribution < 1.29 is 4.39 Å². The zero-order chi connectivity index (χ0) is 14.7. The van der Waals surface area contributed by atoms with Gasteiger partial charge in [-0.15, -0.1) is 11.3 Å². The molecule has 3 aromatic rings. The molecule has 1 nitrogen and oxygen atoms in total. The van der Waals surface area contributed by atoms with Gasteiger partial charge in [-0.3, -0.25) is 0 Å². The van der Waals surface area contributed by atoms with E-state index in [9.17, 15) is 4.39 Å². The standard InChI is InChI=1S/C18H16FNS/c1-13-4-2-5-15(10-13)20-12-14-7-8-17(19)16(11-14)18-6-3-9-21-18/h2-11,20H,12H2,1H3. The van der Waals surface area contributed by atoms with Gasteiger partial charge in [-0.25, -0.2) is 4.39 Å². The van der Waals surface area contributed by atoms with Crippen LogP contribution in [-0.4, -0.2) is 0 Å². The number of hydrogen-bond donors (Lipinski definition) is 1. The molecule has 1 N–H and O–H groups in total. The first kappa shape index (κ1) is 13.8. The Morgan fingerprint density at radius 1 is 1.05 bits per heavy atom. The average molecular weight is 297 g/mol. The zero-order valence-corrected chi connectivity index (χ0v) is 12.6. The van der Waals surface area contributed by atoms with Crippen LogP contribution in [0.4, 0.5) is 10.1 Å². The predicted molar refractivity (Wildman–Crippen MR) is 88.2 cm³/mol. The molecule has 0 amide bonds. The van der Waals surface area contributed by atoms with Gasteiger partial charge in [0.05, 0.1) is 0 Å². The number of rotatable bonds is 4. The van der Waals surface area contributed by atoms with E-state index < -0.39 is 0 Å². The summed E-state index contributed by atoms with van der Waals surface area (Å²) in [6.07, 6.45) is 0. The van der Waals surface area contributed by atoms with Crippen LogP contribution in [0.5, 0.6) is 0 Å². The van der Waals surface area contributed by atoms with Gasteiger partial charge in [0.25, 0.3) is 0 Å². The van der Waals surface area contributed by atoms with E-state index in [1.165, 1.54) is 5.56 Å². The molecule has 0 bridgehead atoms. The van der Waals surface area contributed by atoms with Gasteiger partial charge in [-0.2, -0.15) is 0 Å². The number of nitrogens with one attached hydrogen (secondary N) is 1. The van der Waals surface area contributed by atoms with Crippen molar-refractivity contribution >= 4 is 17.0 Å². The smallest absolute Gasteiger partial charge is 0.131 e. The highest BCUT2D eigenvalue weighted by Crippen LogP contribution is 2.28. The summed E-state index contributed by atoms with van der Waals surface area (Å²) in [5.74, 6) is -0.170. The number of anilines is 1. The van der Waals surface area contributed by atoms with Crippen molar-refractivity contribution in [1.82, 2.24) is 0 Å². The Kier molecular flexibility index (Phi) is 4.02. The van der Waals surface area contributed by atoms with Gasteiger partial charge in [0.15, 0.2) is 0 Å². The Hall–Kier alpha value is -2.13. The largest absolute Gasteiger partial charge is 0.381 e. The van der Waals surface area contributed by atoms with Crippen LogP contribution in [-0.2, 0) is 6.54 Å². The number of hydrogen-bond acceptors (Lipinski definition) is 2. The SMILES string of the molecule is Cc1cccc(NCc2ccc(F)c(-c3cccs3)c2)c1. The predicted octanol–water partition coefficient (Wildman–Crippen LogP) is 5.47. The topological polar surface area (TPSA) is 12.0 Å². The van der Waals surface area contributed by atoms with Crippen molar-refractivity contribution in [2.75, 3.05) is 5.32 Å². The lowest BCUT2D eigenvalue weighted by Gasteiger charge is -2.09. The molecule has 0 saturated heterocycles. The van der Waals surface area contributed by atoms with Crippen molar-refractivity contribution in [3.05, 3.63) is 76.9 Å². The molecule has 0 aliphatic carbocycles. The summed E-state index contributed by atoms with van der Waals surface area (Å²) >= 11 is 1.55. The van der Waals surface area contributed by atoms with Gasteiger partial charge in [-0.1, -0.05) is 24.3 Å². The Labute approximate surface area is 128 Å². The van der Waals surface area contributed by atoms with E-state index in [1.807, 2.05) is 41.8 Å². The van der Waals surface area contributed by atoms with E-state index in [1.54, 1.807) is 17.4 Å². The lowest BCUT2D eigenvalue weighted by atomic mass is 10.1. The van der Waals surface area contributed by atoms with Crippen molar-refractivity contribution in [3.8, 4) is 10.4 Å². The number of halogens is 1. The van der Waals surface area contributed by atoms with Crippen LogP contribution in [0.1, 0.15) is 11.1 Å². The molecule has 0 atom stereocenters. The summed E-state index contributed by atoms with van der Waals surface area (Å²) in [4.78, 5) is 0.963. The van der Waals surface area contributed by atoms with Crippen LogP contribution in [0.2, 0.25) is 0 Å². The molecule has 0 radical (unpaired) electrons. The minimum absolute atomic E-state index is 0.170. The van der Waals surface area contributed by atoms with Crippen LogP contribution in [0.15, 0.2) is 60.0 Å². The minimum atomic E-state index is -0.170. The van der Waals surface area contributed by atoms with Gasteiger partial charge >= 0.3 is 0 Å². The first-order valence-corrected chi connectivity index (χ1v) is 7.73. The fourth-order valence-electron chi connectivity index (χ4n) is 2.26. The van der Waals surface area contributed by atoms with Crippen molar-refractivity contribution in [1.29, 1.82) is 0 Å². The number of thiophene rings is 1. The molecule has 0 fully saturated rings. The third-order valence-corrected chi connectivity index (χ3v) is 4.24. The molecule has 0 aliphatic rings. The van der Waals surface area contributed by atoms with Crippen molar-refractivity contribution in [2.24, 2.45) is 0 Å². The minimum Gasteiger partial charge on any atom is -0.381 e. The van der Waals surface area contributed by atoms with Crippen LogP contribution >= 0.6 is 11.3 Å². The van der Waals surface area contributed by atoms with E-state index in [0.29, 0.717) is 12.1 Å². The van der Waals surface area contributed by atoms with Gasteiger partial charge in [0, 0.05) is 22.7 Å². The molecule has 106 valence electrons. The van der Waals surface area contributed by atoms with Gasteiger partial charge in [0.1, 0.15) is 5.82 Å². The summed E-state index contributed by atoms with van der Waals surface area (Å²) in [5.41, 5.74) is 4.05. The van der Waals surface area contributed by atoms with E-state index in [-0.39, 0.29) is 5.82 Å². The van der Waals surface area contributed by atoms with E-state index in [4.69, 9.17) is 0 Å². The molecule has 0 saturated carbocycles. The highest BCUT2D eigenvalue weighted by atomic mass is 32.1. The summed E-state index contributed by atoms with van der Waals surface area (Å²) in [6, 6.07) is 17.4. The second-order valence-corrected chi connectivity index (χ2v) is 5.96. The molecule has 2 aromatic carbocycles. The fourth-order valence-corrected chi connectivity index (χ4v) is 3.01. The zero-order valence-electron chi connectivity index (χ0n) is 11.8. The molecular weight excluding hydrogens is 281 g/mol. The molecule has 3 rings (SSSR count). The Morgan fingerprint density at radius 2 is 1.95 bits per heavy atom. The van der Waals surface area contributed by atoms with Crippen molar-refractivity contribution in [2.45, 2.75) is 13.5 Å². The third-order valence-electron chi connectivity index (χ3n) is 3.33. The van der Waals surface area contributed by atoms with Gasteiger partial charge in [-0.05, 0) is 53.8 Å². The van der Waals surface area contributed by atoms with Crippen LogP contribution in [0, 0.1) is 12.7 Å². The third kappa shape index (κ3) is 3.31. The monoisotopic (exact) mass is 297 g/mol. The fraction of sp³-hybridized carbons (Fsp3) is 0.111. The van der Waals surface area contributed by atoms with Crippen LogP contribution in [0.25, 0.3) is 10.4 Å². The first-order chi connectivity index (χ1) is 10.2. The Balaban J connectivity index is 1.79. The molecule has 0 aliphatic heterocycles. The molecular formula is C18H16FNS. The van der Waals surface area contributed by atoms with Crippen LogP contribution in [0.3, 0.4) is 0 Å². The molecule has 21 heavy (non-hydrogen) atoms. The summed E-state index contributed by atoms with van der Waals surface area (Å²) in [6.45, 7) is 2.75. The maximum atomic E-state index is 13.9. The second-order valence-electron chi connectivity index (χ2n) is 5.01. The summed E-state index contributed by atoms with van der Waals surface area (Å²) in [7, 11) is 0. The molecule has 0 unspecified atom stereocenters. The van der Waals surface area contributed by atoms with Crippen LogP contribution < -0.4 is 5.32 Å². The number of benzene rings is 2. The van der Waals surface area contributed by atoms with Gasteiger partial charge in [0.2, 0.25) is 0 Å². The molecule has 3 heteroatoms. The Morgan fingerprint density at radius 3 is 2.71 bits per heavy atom. The van der Waals surface area contributed by atoms with Gasteiger partial charge < -0.3 is 5.32 Å². The molecule has 1 heterocycles. The average Bonchev–Trinajstić information content (AvgIpc) is 3.00. The summed E-state index contributed by atoms with van der Waals surface area (Å²) < 4.78 is 13.9. The summed E-state index contributed by atoms with van der Waals surface area (Å²) in [5, 5.41) is 5.34. The highest BCUT2D eigenvalue weighted by molar-refractivity contribution is 7.13. The maximum Gasteiger partial charge on any atom is 0.131 e. The first-order valence-electron chi connectivity index (χ1n) is 6.85. The lowest BCUT2D eigenvalue weighted by molar-refractivity contribution is 0.631. The Bertz CT molecular complexity index is 735. The lowest BCUT2D eigenvalue weighted by Crippen LogP contribution is -2.00. The maximum absolute atomic E-state index is 13.9. The second kappa shape index (κ2) is 6.10. The normalized spacial score (nSPS) is 10.6. The van der Waals surface area contributed by atoms with Crippen molar-refractivity contribution in [3.63, 3.8) is 0 Å². The quantitative estimate of drug-likeness (QED) is 0.673. The van der Waals surface area contributed by atoms with E-state index in [0.717, 1.165) is 16.1 Å². The highest BCUT2D eigenvalue weighted by Gasteiger charge is 2.07.